The smallest absolute Gasteiger partial charge is 0.169 e. The molecule has 0 radical (unpaired) electrons. The number of nitrogens with zero attached hydrogens (tertiary/aromatic N) is 3. The van der Waals surface area contributed by atoms with Crippen molar-refractivity contribution in [2.75, 3.05) is 13.2 Å². The first-order chi connectivity index (χ1) is 9.22. The predicted octanol–water partition coefficient (Wildman–Crippen LogP) is 1.01. The molecule has 0 spiro atoms. The van der Waals surface area contributed by atoms with Gasteiger partial charge in [0.2, 0.25) is 0 Å². The summed E-state index contributed by atoms with van der Waals surface area (Å²) in [6.45, 7) is 1.05. The molecule has 1 aromatic carbocycles. The van der Waals surface area contributed by atoms with E-state index < -0.39 is 0 Å². The molecule has 3 rings (SSSR count). The Balaban J connectivity index is 1.80. The quantitative estimate of drug-likeness (QED) is 0.770. The van der Waals surface area contributed by atoms with Crippen molar-refractivity contribution in [2.24, 2.45) is 7.05 Å². The van der Waals surface area contributed by atoms with Gasteiger partial charge in [0.25, 0.3) is 0 Å². The number of aryl methyl sites for hydroxylation is 1. The first-order valence-electron chi connectivity index (χ1n) is 6.00. The van der Waals surface area contributed by atoms with Crippen LogP contribution in [0.25, 0.3) is 0 Å². The van der Waals surface area contributed by atoms with Gasteiger partial charge in [0, 0.05) is 18.8 Å². The normalized spacial score (nSPS) is 13.3. The average molecular weight is 259 g/mol. The Hall–Kier alpha value is -2.37. The Morgan fingerprint density at radius 2 is 2.11 bits per heavy atom. The van der Waals surface area contributed by atoms with E-state index in [1.165, 1.54) is 0 Å². The molecule has 19 heavy (non-hydrogen) atoms. The number of carbonyl (C=O) groups excluding carboxylic acids is 1. The number of fused-ring (bicyclic) bond motifs is 1. The fourth-order valence-corrected chi connectivity index (χ4v) is 1.96. The van der Waals surface area contributed by atoms with Gasteiger partial charge in [-0.3, -0.25) is 9.48 Å². The van der Waals surface area contributed by atoms with Crippen LogP contribution in [0.2, 0.25) is 0 Å². The van der Waals surface area contributed by atoms with Gasteiger partial charge in [0.05, 0.1) is 12.1 Å². The molecule has 0 bridgehead atoms. The summed E-state index contributed by atoms with van der Waals surface area (Å²) in [5.41, 5.74) is 1.25. The van der Waals surface area contributed by atoms with E-state index in [0.717, 1.165) is 0 Å². The van der Waals surface area contributed by atoms with Crippen molar-refractivity contribution < 1.29 is 14.3 Å². The lowest BCUT2D eigenvalue weighted by molar-refractivity contribution is 0.0990. The monoisotopic (exact) mass is 259 g/mol. The molecular weight excluding hydrogens is 246 g/mol. The van der Waals surface area contributed by atoms with Crippen molar-refractivity contribution in [2.45, 2.75) is 6.42 Å². The second kappa shape index (κ2) is 4.72. The van der Waals surface area contributed by atoms with Crippen molar-refractivity contribution in [1.82, 2.24) is 15.0 Å². The van der Waals surface area contributed by atoms with Crippen LogP contribution in [-0.2, 0) is 13.5 Å². The van der Waals surface area contributed by atoms with E-state index in [4.69, 9.17) is 9.47 Å². The van der Waals surface area contributed by atoms with Crippen LogP contribution in [0, 0.1) is 0 Å². The third-order valence-electron chi connectivity index (χ3n) is 2.86. The standard InChI is InChI=1S/C13H13N3O3/c1-16-8-10(14-15-16)7-11(17)9-2-3-12-13(6-9)19-5-4-18-12/h2-3,6,8H,4-5,7H2,1H3. The molecule has 1 aromatic heterocycles. The van der Waals surface area contributed by atoms with Gasteiger partial charge >= 0.3 is 0 Å². The van der Waals surface area contributed by atoms with E-state index in [0.29, 0.717) is 36.0 Å². The maximum absolute atomic E-state index is 12.1. The summed E-state index contributed by atoms with van der Waals surface area (Å²) in [4.78, 5) is 12.1. The minimum absolute atomic E-state index is 0.0162. The number of carbonyl (C=O) groups is 1. The van der Waals surface area contributed by atoms with Crippen molar-refractivity contribution >= 4 is 5.78 Å². The summed E-state index contributed by atoms with van der Waals surface area (Å²) in [5, 5.41) is 7.71. The first-order valence-corrected chi connectivity index (χ1v) is 6.00. The van der Waals surface area contributed by atoms with Crippen molar-refractivity contribution in [3.05, 3.63) is 35.7 Å². The largest absolute Gasteiger partial charge is 0.486 e. The highest BCUT2D eigenvalue weighted by Gasteiger charge is 2.16. The van der Waals surface area contributed by atoms with Gasteiger partial charge in [-0.1, -0.05) is 5.21 Å². The number of benzene rings is 1. The molecule has 0 saturated heterocycles. The van der Waals surface area contributed by atoms with Crippen LogP contribution in [0.4, 0.5) is 0 Å². The number of hydrogen-bond acceptors (Lipinski definition) is 5. The molecule has 0 fully saturated rings. The number of Topliss-reactive ketones (excluding diaryl/α,β-unsaturated/α-hetero) is 1. The molecule has 1 aliphatic heterocycles. The zero-order valence-corrected chi connectivity index (χ0v) is 10.5. The third kappa shape index (κ3) is 2.42. The Labute approximate surface area is 109 Å². The van der Waals surface area contributed by atoms with Crippen molar-refractivity contribution in [1.29, 1.82) is 0 Å². The number of hydrogen-bond donors (Lipinski definition) is 0. The fraction of sp³-hybridized carbons (Fsp3) is 0.308. The summed E-state index contributed by atoms with van der Waals surface area (Å²) < 4.78 is 12.5. The molecule has 2 heterocycles. The zero-order valence-electron chi connectivity index (χ0n) is 10.5. The van der Waals surface area contributed by atoms with E-state index in [1.54, 1.807) is 36.1 Å². The molecule has 6 nitrogen and oxygen atoms in total. The minimum atomic E-state index is -0.0162. The molecule has 2 aromatic rings. The highest BCUT2D eigenvalue weighted by atomic mass is 16.6. The lowest BCUT2D eigenvalue weighted by Gasteiger charge is -2.18. The van der Waals surface area contributed by atoms with Crippen LogP contribution in [0.1, 0.15) is 16.1 Å². The molecule has 98 valence electrons. The molecule has 0 N–H and O–H groups in total. The third-order valence-corrected chi connectivity index (χ3v) is 2.86. The molecule has 0 atom stereocenters. The average Bonchev–Trinajstić information content (AvgIpc) is 2.83. The van der Waals surface area contributed by atoms with Crippen LogP contribution in [0.5, 0.6) is 11.5 Å². The second-order valence-corrected chi connectivity index (χ2v) is 4.34. The van der Waals surface area contributed by atoms with Gasteiger partial charge in [-0.15, -0.1) is 5.10 Å². The van der Waals surface area contributed by atoms with Crippen molar-refractivity contribution in [3.63, 3.8) is 0 Å². The summed E-state index contributed by atoms with van der Waals surface area (Å²) in [6.07, 6.45) is 1.96. The summed E-state index contributed by atoms with van der Waals surface area (Å²) in [5.74, 6) is 1.29. The minimum Gasteiger partial charge on any atom is -0.486 e. The van der Waals surface area contributed by atoms with Gasteiger partial charge in [-0.05, 0) is 18.2 Å². The molecular formula is C13H13N3O3. The van der Waals surface area contributed by atoms with E-state index in [2.05, 4.69) is 10.3 Å². The van der Waals surface area contributed by atoms with Gasteiger partial charge in [0.15, 0.2) is 17.3 Å². The number of rotatable bonds is 3. The van der Waals surface area contributed by atoms with Crippen LogP contribution >= 0.6 is 0 Å². The van der Waals surface area contributed by atoms with Gasteiger partial charge in [0.1, 0.15) is 13.2 Å². The van der Waals surface area contributed by atoms with Gasteiger partial charge < -0.3 is 9.47 Å². The number of aromatic nitrogens is 3. The molecule has 1 aliphatic rings. The van der Waals surface area contributed by atoms with E-state index in [1.807, 2.05) is 0 Å². The van der Waals surface area contributed by atoms with Crippen LogP contribution in [-0.4, -0.2) is 34.0 Å². The van der Waals surface area contributed by atoms with E-state index in [-0.39, 0.29) is 12.2 Å². The molecule has 0 amide bonds. The van der Waals surface area contributed by atoms with Crippen LogP contribution in [0.15, 0.2) is 24.4 Å². The maximum atomic E-state index is 12.1. The van der Waals surface area contributed by atoms with Crippen LogP contribution < -0.4 is 9.47 Å². The topological polar surface area (TPSA) is 66.2 Å². The summed E-state index contributed by atoms with van der Waals surface area (Å²) in [6, 6.07) is 5.22. The Kier molecular flexibility index (Phi) is 2.91. The number of ketones is 1. The Morgan fingerprint density at radius 1 is 1.32 bits per heavy atom. The van der Waals surface area contributed by atoms with E-state index >= 15 is 0 Å². The summed E-state index contributed by atoms with van der Waals surface area (Å²) in [7, 11) is 1.77. The van der Waals surface area contributed by atoms with Gasteiger partial charge in [-0.2, -0.15) is 0 Å². The van der Waals surface area contributed by atoms with Gasteiger partial charge in [-0.25, -0.2) is 0 Å². The lowest BCUT2D eigenvalue weighted by atomic mass is 10.1. The molecule has 0 saturated carbocycles. The Morgan fingerprint density at radius 3 is 2.84 bits per heavy atom. The highest BCUT2D eigenvalue weighted by molar-refractivity contribution is 5.97. The summed E-state index contributed by atoms with van der Waals surface area (Å²) >= 11 is 0. The highest BCUT2D eigenvalue weighted by Crippen LogP contribution is 2.31. The molecule has 0 aliphatic carbocycles. The van der Waals surface area contributed by atoms with Crippen LogP contribution in [0.3, 0.4) is 0 Å². The first kappa shape index (κ1) is 11.7. The molecule has 0 unspecified atom stereocenters. The van der Waals surface area contributed by atoms with Crippen molar-refractivity contribution in [3.8, 4) is 11.5 Å². The Bertz CT molecular complexity index is 621. The SMILES string of the molecule is Cn1cc(CC(=O)c2ccc3c(c2)OCCO3)nn1. The predicted molar refractivity (Wildman–Crippen MR) is 66.5 cm³/mol. The zero-order chi connectivity index (χ0) is 13.2. The second-order valence-electron chi connectivity index (χ2n) is 4.34. The number of ether oxygens (including phenoxy) is 2. The van der Waals surface area contributed by atoms with E-state index in [9.17, 15) is 4.79 Å². The lowest BCUT2D eigenvalue weighted by Crippen LogP contribution is -2.16. The fourth-order valence-electron chi connectivity index (χ4n) is 1.96. The molecule has 6 heteroatoms. The maximum Gasteiger partial charge on any atom is 0.169 e.